The van der Waals surface area contributed by atoms with Crippen molar-refractivity contribution in [1.29, 1.82) is 0 Å². The number of nitrogens with zero attached hydrogens (tertiary/aromatic N) is 1. The van der Waals surface area contributed by atoms with Crippen LogP contribution >= 0.6 is 0 Å². The van der Waals surface area contributed by atoms with E-state index in [0.29, 0.717) is 5.56 Å². The summed E-state index contributed by atoms with van der Waals surface area (Å²) >= 11 is 0. The first-order valence-corrected chi connectivity index (χ1v) is 10.3. The van der Waals surface area contributed by atoms with Gasteiger partial charge in [-0.2, -0.15) is 5.10 Å². The van der Waals surface area contributed by atoms with Crippen molar-refractivity contribution in [2.24, 2.45) is 0 Å². The van der Waals surface area contributed by atoms with E-state index in [1.807, 2.05) is 44.2 Å². The van der Waals surface area contributed by atoms with E-state index in [0.717, 1.165) is 35.6 Å². The molecule has 0 radical (unpaired) electrons. The quantitative estimate of drug-likeness (QED) is 0.461. The van der Waals surface area contributed by atoms with E-state index in [2.05, 4.69) is 52.0 Å². The third kappa shape index (κ3) is 5.78. The van der Waals surface area contributed by atoms with Crippen LogP contribution in [0.4, 0.5) is 0 Å². The second kappa shape index (κ2) is 10.0. The van der Waals surface area contributed by atoms with Gasteiger partial charge >= 0.3 is 0 Å². The van der Waals surface area contributed by atoms with Crippen LogP contribution in [0.15, 0.2) is 54.6 Å². The lowest BCUT2D eigenvalue weighted by molar-refractivity contribution is 0.0943. The summed E-state index contributed by atoms with van der Waals surface area (Å²) in [6.45, 7) is 8.05. The zero-order valence-corrected chi connectivity index (χ0v) is 17.5. The van der Waals surface area contributed by atoms with Crippen molar-refractivity contribution in [1.82, 2.24) is 20.8 Å². The molecule has 0 atom stereocenters. The summed E-state index contributed by atoms with van der Waals surface area (Å²) in [4.78, 5) is 12.3. The average Bonchev–Trinajstić information content (AvgIpc) is 3.22. The molecule has 5 nitrogen and oxygen atoms in total. The van der Waals surface area contributed by atoms with E-state index in [-0.39, 0.29) is 11.9 Å². The Bertz CT molecular complexity index is 928. The van der Waals surface area contributed by atoms with E-state index in [1.165, 1.54) is 18.4 Å². The average molecular weight is 391 g/mol. The SMILES string of the molecule is CCCCNCc1ccc(-c2cc(-c3cccc(C(=O)NC(C)C)c3)n[nH]2)cc1. The Morgan fingerprint density at radius 3 is 2.59 bits per heavy atom. The molecule has 0 saturated heterocycles. The van der Waals surface area contributed by atoms with E-state index in [9.17, 15) is 4.79 Å². The molecule has 1 amide bonds. The van der Waals surface area contributed by atoms with Crippen molar-refractivity contribution in [2.45, 2.75) is 46.2 Å². The van der Waals surface area contributed by atoms with Crippen LogP contribution in [0.2, 0.25) is 0 Å². The summed E-state index contributed by atoms with van der Waals surface area (Å²) in [7, 11) is 0. The van der Waals surface area contributed by atoms with Gasteiger partial charge in [0, 0.05) is 23.7 Å². The number of rotatable bonds is 9. The molecular formula is C24H30N4O. The number of aromatic amines is 1. The van der Waals surface area contributed by atoms with Gasteiger partial charge in [0.25, 0.3) is 5.91 Å². The summed E-state index contributed by atoms with van der Waals surface area (Å²) in [6, 6.07) is 18.2. The summed E-state index contributed by atoms with van der Waals surface area (Å²) < 4.78 is 0. The molecule has 0 saturated carbocycles. The Hall–Kier alpha value is -2.92. The van der Waals surface area contributed by atoms with Crippen LogP contribution < -0.4 is 10.6 Å². The first kappa shape index (κ1) is 20.8. The fraction of sp³-hybridized carbons (Fsp3) is 0.333. The molecular weight excluding hydrogens is 360 g/mol. The Kier molecular flexibility index (Phi) is 7.19. The minimum Gasteiger partial charge on any atom is -0.350 e. The highest BCUT2D eigenvalue weighted by atomic mass is 16.1. The number of aromatic nitrogens is 2. The van der Waals surface area contributed by atoms with Crippen molar-refractivity contribution in [3.63, 3.8) is 0 Å². The van der Waals surface area contributed by atoms with Crippen LogP contribution in [0.25, 0.3) is 22.5 Å². The standard InChI is InChI=1S/C24H30N4O/c1-4-5-13-25-16-18-9-11-19(12-10-18)22-15-23(28-27-22)20-7-6-8-21(14-20)24(29)26-17(2)3/h6-12,14-15,17,25H,4-5,13,16H2,1-3H3,(H,26,29)(H,27,28). The number of unbranched alkanes of at least 4 members (excludes halogenated alkanes) is 1. The number of carbonyl (C=O) groups excluding carboxylic acids is 1. The van der Waals surface area contributed by atoms with Gasteiger partial charge < -0.3 is 10.6 Å². The third-order valence-electron chi connectivity index (χ3n) is 4.72. The number of nitrogens with one attached hydrogen (secondary N) is 3. The van der Waals surface area contributed by atoms with Gasteiger partial charge in [-0.1, -0.05) is 49.7 Å². The third-order valence-corrected chi connectivity index (χ3v) is 4.72. The number of benzene rings is 2. The molecule has 0 aliphatic heterocycles. The molecule has 3 rings (SSSR count). The van der Waals surface area contributed by atoms with E-state index in [4.69, 9.17) is 0 Å². The maximum Gasteiger partial charge on any atom is 0.251 e. The maximum absolute atomic E-state index is 12.3. The van der Waals surface area contributed by atoms with E-state index in [1.54, 1.807) is 0 Å². The molecule has 0 bridgehead atoms. The lowest BCUT2D eigenvalue weighted by atomic mass is 10.1. The lowest BCUT2D eigenvalue weighted by Gasteiger charge is -2.08. The highest BCUT2D eigenvalue weighted by Gasteiger charge is 2.11. The van der Waals surface area contributed by atoms with Gasteiger partial charge in [0.05, 0.1) is 11.4 Å². The van der Waals surface area contributed by atoms with Gasteiger partial charge in [0.1, 0.15) is 0 Å². The second-order valence-electron chi connectivity index (χ2n) is 7.60. The van der Waals surface area contributed by atoms with Crippen LogP contribution in [0, 0.1) is 0 Å². The van der Waals surface area contributed by atoms with Crippen LogP contribution in [0.5, 0.6) is 0 Å². The van der Waals surface area contributed by atoms with Crippen LogP contribution in [-0.2, 0) is 6.54 Å². The van der Waals surface area contributed by atoms with Crippen molar-refractivity contribution >= 4 is 5.91 Å². The van der Waals surface area contributed by atoms with Crippen LogP contribution in [0.3, 0.4) is 0 Å². The number of hydrogen-bond donors (Lipinski definition) is 3. The molecule has 3 aromatic rings. The molecule has 3 N–H and O–H groups in total. The Morgan fingerprint density at radius 1 is 1.07 bits per heavy atom. The van der Waals surface area contributed by atoms with Crippen molar-refractivity contribution in [3.8, 4) is 22.5 Å². The number of H-pyrrole nitrogens is 1. The normalized spacial score (nSPS) is 11.0. The molecule has 5 heteroatoms. The molecule has 0 aliphatic rings. The summed E-state index contributed by atoms with van der Waals surface area (Å²) in [6.07, 6.45) is 2.41. The van der Waals surface area contributed by atoms with Gasteiger partial charge in [-0.15, -0.1) is 0 Å². The smallest absolute Gasteiger partial charge is 0.251 e. The molecule has 1 heterocycles. The zero-order chi connectivity index (χ0) is 20.6. The van der Waals surface area contributed by atoms with Crippen molar-refractivity contribution < 1.29 is 4.79 Å². The first-order chi connectivity index (χ1) is 14.1. The lowest BCUT2D eigenvalue weighted by Crippen LogP contribution is -2.30. The largest absolute Gasteiger partial charge is 0.350 e. The predicted molar refractivity (Wildman–Crippen MR) is 119 cm³/mol. The number of hydrogen-bond acceptors (Lipinski definition) is 3. The molecule has 2 aromatic carbocycles. The Balaban J connectivity index is 1.70. The van der Waals surface area contributed by atoms with Gasteiger partial charge in [-0.3, -0.25) is 9.89 Å². The summed E-state index contributed by atoms with van der Waals surface area (Å²) in [5, 5.41) is 13.9. The van der Waals surface area contributed by atoms with Crippen molar-refractivity contribution in [2.75, 3.05) is 6.54 Å². The monoisotopic (exact) mass is 390 g/mol. The molecule has 0 aliphatic carbocycles. The van der Waals surface area contributed by atoms with Gasteiger partial charge in [0.2, 0.25) is 0 Å². The van der Waals surface area contributed by atoms with Crippen LogP contribution in [-0.4, -0.2) is 28.7 Å². The first-order valence-electron chi connectivity index (χ1n) is 10.3. The predicted octanol–water partition coefficient (Wildman–Crippen LogP) is 4.77. The molecule has 0 spiro atoms. The molecule has 29 heavy (non-hydrogen) atoms. The second-order valence-corrected chi connectivity index (χ2v) is 7.60. The number of carbonyl (C=O) groups is 1. The highest BCUT2D eigenvalue weighted by Crippen LogP contribution is 2.25. The fourth-order valence-corrected chi connectivity index (χ4v) is 3.12. The Morgan fingerprint density at radius 2 is 1.86 bits per heavy atom. The fourth-order valence-electron chi connectivity index (χ4n) is 3.12. The topological polar surface area (TPSA) is 69.8 Å². The summed E-state index contributed by atoms with van der Waals surface area (Å²) in [5.74, 6) is -0.0688. The highest BCUT2D eigenvalue weighted by molar-refractivity contribution is 5.95. The van der Waals surface area contributed by atoms with Gasteiger partial charge in [-0.25, -0.2) is 0 Å². The minimum atomic E-state index is -0.0688. The zero-order valence-electron chi connectivity index (χ0n) is 17.5. The van der Waals surface area contributed by atoms with E-state index < -0.39 is 0 Å². The van der Waals surface area contributed by atoms with Gasteiger partial charge in [-0.05, 0) is 56.1 Å². The molecule has 0 unspecified atom stereocenters. The molecule has 1 aromatic heterocycles. The van der Waals surface area contributed by atoms with Gasteiger partial charge in [0.15, 0.2) is 0 Å². The molecule has 152 valence electrons. The van der Waals surface area contributed by atoms with Crippen molar-refractivity contribution in [3.05, 3.63) is 65.7 Å². The summed E-state index contributed by atoms with van der Waals surface area (Å²) in [5.41, 5.74) is 5.71. The number of amides is 1. The van der Waals surface area contributed by atoms with Crippen LogP contribution in [0.1, 0.15) is 49.5 Å². The Labute approximate surface area is 172 Å². The minimum absolute atomic E-state index is 0.0688. The maximum atomic E-state index is 12.3. The molecule has 0 fully saturated rings. The van der Waals surface area contributed by atoms with E-state index >= 15 is 0 Å².